The van der Waals surface area contributed by atoms with E-state index in [2.05, 4.69) is 58.6 Å². The fourth-order valence-electron chi connectivity index (χ4n) is 3.53. The average Bonchev–Trinajstić information content (AvgIpc) is 3.37. The van der Waals surface area contributed by atoms with Crippen molar-refractivity contribution >= 4 is 11.6 Å². The molecule has 2 atom stereocenters. The van der Waals surface area contributed by atoms with Gasteiger partial charge in [-0.25, -0.2) is 0 Å². The summed E-state index contributed by atoms with van der Waals surface area (Å²) in [5.74, 6) is 0.957. The minimum Gasteiger partial charge on any atom is -0.462 e. The van der Waals surface area contributed by atoms with E-state index in [1.807, 2.05) is 24.4 Å². The highest BCUT2D eigenvalue weighted by atomic mass is 16.5. The van der Waals surface area contributed by atoms with Crippen molar-refractivity contribution in [1.82, 2.24) is 24.9 Å². The zero-order valence-electron chi connectivity index (χ0n) is 16.7. The Morgan fingerprint density at radius 2 is 2.04 bits per heavy atom. The molecule has 1 aromatic carbocycles. The van der Waals surface area contributed by atoms with Gasteiger partial charge in [0.15, 0.2) is 5.65 Å². The van der Waals surface area contributed by atoms with Crippen LogP contribution < -0.4 is 15.4 Å². The second-order valence-electron chi connectivity index (χ2n) is 7.70. The number of nitrogens with zero attached hydrogens (tertiary/aromatic N) is 4. The molecule has 28 heavy (non-hydrogen) atoms. The summed E-state index contributed by atoms with van der Waals surface area (Å²) in [7, 11) is 0. The molecule has 148 valence electrons. The number of nitrogens with one attached hydrogen (secondary N) is 2. The van der Waals surface area contributed by atoms with Crippen LogP contribution in [-0.4, -0.2) is 38.8 Å². The van der Waals surface area contributed by atoms with E-state index in [0.717, 1.165) is 24.2 Å². The lowest BCUT2D eigenvalue weighted by atomic mass is 10.1. The van der Waals surface area contributed by atoms with Gasteiger partial charge < -0.3 is 15.4 Å². The zero-order valence-corrected chi connectivity index (χ0v) is 16.7. The van der Waals surface area contributed by atoms with Crippen LogP contribution >= 0.6 is 0 Å². The molecule has 7 nitrogen and oxygen atoms in total. The number of fused-ring (bicyclic) bond motifs is 1. The molecule has 3 aromatic rings. The highest BCUT2D eigenvalue weighted by molar-refractivity contribution is 5.53. The minimum absolute atomic E-state index is 0.0790. The van der Waals surface area contributed by atoms with Crippen LogP contribution in [0.15, 0.2) is 36.5 Å². The van der Waals surface area contributed by atoms with Crippen LogP contribution in [0.1, 0.15) is 56.7 Å². The molecule has 1 unspecified atom stereocenters. The normalized spacial score (nSPS) is 17.9. The van der Waals surface area contributed by atoms with Gasteiger partial charge in [0.1, 0.15) is 6.61 Å². The van der Waals surface area contributed by atoms with E-state index in [1.165, 1.54) is 12.0 Å². The summed E-state index contributed by atoms with van der Waals surface area (Å²) < 4.78 is 7.74. The summed E-state index contributed by atoms with van der Waals surface area (Å²) in [4.78, 5) is 9.29. The number of anilines is 1. The van der Waals surface area contributed by atoms with Crippen molar-refractivity contribution in [1.29, 1.82) is 0 Å². The molecule has 0 aliphatic carbocycles. The lowest BCUT2D eigenvalue weighted by Crippen LogP contribution is -2.28. The summed E-state index contributed by atoms with van der Waals surface area (Å²) in [6.07, 6.45) is 4.19. The Balaban J connectivity index is 1.64. The molecule has 0 spiro atoms. The number of hydrogen-bond donors (Lipinski definition) is 2. The fourth-order valence-corrected chi connectivity index (χ4v) is 3.53. The number of ether oxygens (including phenoxy) is 1. The molecule has 1 aliphatic heterocycles. The molecule has 0 amide bonds. The molecule has 1 saturated heterocycles. The number of benzene rings is 1. The third-order valence-corrected chi connectivity index (χ3v) is 5.22. The van der Waals surface area contributed by atoms with Crippen LogP contribution in [0.3, 0.4) is 0 Å². The Labute approximate surface area is 165 Å². The molecule has 4 rings (SSSR count). The van der Waals surface area contributed by atoms with Gasteiger partial charge in [-0.15, -0.1) is 0 Å². The zero-order chi connectivity index (χ0) is 19.5. The second-order valence-corrected chi connectivity index (χ2v) is 7.70. The van der Waals surface area contributed by atoms with Crippen molar-refractivity contribution in [2.75, 3.05) is 18.5 Å². The van der Waals surface area contributed by atoms with Crippen molar-refractivity contribution in [3.63, 3.8) is 0 Å². The first kappa shape index (κ1) is 18.7. The monoisotopic (exact) mass is 380 g/mol. The Kier molecular flexibility index (Phi) is 5.43. The van der Waals surface area contributed by atoms with Gasteiger partial charge >= 0.3 is 6.01 Å². The van der Waals surface area contributed by atoms with Gasteiger partial charge in [-0.2, -0.15) is 19.6 Å². The van der Waals surface area contributed by atoms with Crippen molar-refractivity contribution in [2.24, 2.45) is 0 Å². The first-order valence-electron chi connectivity index (χ1n) is 10.0. The Hall–Kier alpha value is -2.67. The van der Waals surface area contributed by atoms with Crippen LogP contribution in [0.2, 0.25) is 0 Å². The average molecular weight is 380 g/mol. The Morgan fingerprint density at radius 1 is 1.21 bits per heavy atom. The van der Waals surface area contributed by atoms with E-state index in [1.54, 1.807) is 4.52 Å². The predicted octanol–water partition coefficient (Wildman–Crippen LogP) is 3.55. The molecule has 0 radical (unpaired) electrons. The molecular weight excluding hydrogens is 352 g/mol. The highest BCUT2D eigenvalue weighted by Gasteiger charge is 2.19. The van der Waals surface area contributed by atoms with E-state index in [4.69, 9.17) is 4.74 Å². The molecule has 2 aromatic heterocycles. The van der Waals surface area contributed by atoms with Crippen molar-refractivity contribution in [2.45, 2.75) is 51.6 Å². The standard InChI is InChI=1S/C21H28N6O/c1-14(2)18-12-23-27-19(18)25-21(28-13-17-10-7-11-22-17)26-20(27)24-15(3)16-8-5-4-6-9-16/h4-6,8-9,12,14-15,17,22H,7,10-11,13H2,1-3H3,(H,24,25,26)/t15-,17?/m0/s1. The first-order chi connectivity index (χ1) is 13.6. The van der Waals surface area contributed by atoms with Crippen LogP contribution in [0, 0.1) is 0 Å². The van der Waals surface area contributed by atoms with E-state index in [0.29, 0.717) is 30.5 Å². The number of rotatable bonds is 7. The van der Waals surface area contributed by atoms with E-state index < -0.39 is 0 Å². The third kappa shape index (κ3) is 3.94. The lowest BCUT2D eigenvalue weighted by molar-refractivity contribution is 0.257. The molecule has 0 bridgehead atoms. The number of aromatic nitrogens is 4. The summed E-state index contributed by atoms with van der Waals surface area (Å²) in [5, 5.41) is 11.4. The van der Waals surface area contributed by atoms with E-state index in [9.17, 15) is 0 Å². The quantitative estimate of drug-likeness (QED) is 0.653. The van der Waals surface area contributed by atoms with Crippen molar-refractivity contribution in [3.05, 3.63) is 47.7 Å². The van der Waals surface area contributed by atoms with Crippen molar-refractivity contribution < 1.29 is 4.74 Å². The van der Waals surface area contributed by atoms with Gasteiger partial charge in [0.25, 0.3) is 0 Å². The van der Waals surface area contributed by atoms with Crippen LogP contribution in [0.5, 0.6) is 6.01 Å². The van der Waals surface area contributed by atoms with Crippen LogP contribution in [0.4, 0.5) is 5.95 Å². The molecule has 0 saturated carbocycles. The summed E-state index contributed by atoms with van der Waals surface area (Å²) in [6, 6.07) is 11.1. The SMILES string of the molecule is CC(C)c1cnn2c(N[C@@H](C)c3ccccc3)nc(OCC3CCCN3)nc12. The van der Waals surface area contributed by atoms with Gasteiger partial charge in [0, 0.05) is 11.6 Å². The number of hydrogen-bond acceptors (Lipinski definition) is 6. The maximum atomic E-state index is 5.96. The molecule has 1 fully saturated rings. The van der Waals surface area contributed by atoms with Crippen LogP contribution in [-0.2, 0) is 0 Å². The second kappa shape index (κ2) is 8.14. The van der Waals surface area contributed by atoms with E-state index >= 15 is 0 Å². The highest BCUT2D eigenvalue weighted by Crippen LogP contribution is 2.25. The Morgan fingerprint density at radius 3 is 2.75 bits per heavy atom. The van der Waals surface area contributed by atoms with Gasteiger partial charge in [0.2, 0.25) is 5.95 Å². The minimum atomic E-state index is 0.0790. The molecule has 3 heterocycles. The maximum Gasteiger partial charge on any atom is 0.321 e. The summed E-state index contributed by atoms with van der Waals surface area (Å²) in [5.41, 5.74) is 3.06. The molecular formula is C21H28N6O. The fraction of sp³-hybridized carbons (Fsp3) is 0.476. The molecule has 1 aliphatic rings. The van der Waals surface area contributed by atoms with Gasteiger partial charge in [-0.05, 0) is 37.8 Å². The van der Waals surface area contributed by atoms with Gasteiger partial charge in [0.05, 0.1) is 12.2 Å². The third-order valence-electron chi connectivity index (χ3n) is 5.22. The lowest BCUT2D eigenvalue weighted by Gasteiger charge is -2.17. The van der Waals surface area contributed by atoms with Gasteiger partial charge in [-0.1, -0.05) is 44.2 Å². The smallest absolute Gasteiger partial charge is 0.321 e. The predicted molar refractivity (Wildman–Crippen MR) is 110 cm³/mol. The topological polar surface area (TPSA) is 76.4 Å². The van der Waals surface area contributed by atoms with Crippen LogP contribution in [0.25, 0.3) is 5.65 Å². The van der Waals surface area contributed by atoms with Crippen molar-refractivity contribution in [3.8, 4) is 6.01 Å². The Bertz CT molecular complexity index is 917. The summed E-state index contributed by atoms with van der Waals surface area (Å²) in [6.45, 7) is 8.02. The van der Waals surface area contributed by atoms with E-state index in [-0.39, 0.29) is 6.04 Å². The molecule has 7 heteroatoms. The summed E-state index contributed by atoms with van der Waals surface area (Å²) >= 11 is 0. The molecule has 2 N–H and O–H groups in total. The maximum absolute atomic E-state index is 5.96. The first-order valence-corrected chi connectivity index (χ1v) is 10.0. The van der Waals surface area contributed by atoms with Gasteiger partial charge in [-0.3, -0.25) is 0 Å². The largest absolute Gasteiger partial charge is 0.462 e.